The van der Waals surface area contributed by atoms with E-state index in [1.807, 2.05) is 0 Å². The summed E-state index contributed by atoms with van der Waals surface area (Å²) in [5.41, 5.74) is 0.842. The minimum atomic E-state index is -0.483. The van der Waals surface area contributed by atoms with E-state index >= 15 is 0 Å². The lowest BCUT2D eigenvalue weighted by atomic mass is 10.1. The Morgan fingerprint density at radius 1 is 1.12 bits per heavy atom. The first-order chi connectivity index (χ1) is 11.4. The molecule has 124 valence electrons. The average Bonchev–Trinajstić information content (AvgIpc) is 2.52. The van der Waals surface area contributed by atoms with Crippen LogP contribution in [0.3, 0.4) is 0 Å². The van der Waals surface area contributed by atoms with Crippen molar-refractivity contribution in [1.29, 1.82) is 0 Å². The maximum absolute atomic E-state index is 12.0. The summed E-state index contributed by atoms with van der Waals surface area (Å²) in [6.45, 7) is 2.69. The van der Waals surface area contributed by atoms with Crippen LogP contribution in [0.1, 0.15) is 19.4 Å². The predicted octanol–water partition coefficient (Wildman–Crippen LogP) is 3.07. The summed E-state index contributed by atoms with van der Waals surface area (Å²) in [7, 11) is 0. The van der Waals surface area contributed by atoms with Gasteiger partial charge < -0.3 is 9.64 Å². The van der Waals surface area contributed by atoms with E-state index in [0.29, 0.717) is 17.0 Å². The van der Waals surface area contributed by atoms with Crippen LogP contribution in [0.25, 0.3) is 0 Å². The Morgan fingerprint density at radius 3 is 2.46 bits per heavy atom. The summed E-state index contributed by atoms with van der Waals surface area (Å²) in [6.07, 6.45) is 0. The number of hydrogen-bond acceptors (Lipinski definition) is 5. The number of anilines is 1. The number of hydrogen-bond donors (Lipinski definition) is 0. The number of nitro groups is 1. The highest BCUT2D eigenvalue weighted by Crippen LogP contribution is 2.26. The van der Waals surface area contributed by atoms with Crippen molar-refractivity contribution >= 4 is 23.3 Å². The SMILES string of the molecule is CC(=O)Oc1cccc(N(Cc2ccccc2[N+](=O)[O-])C(C)=O)c1. The van der Waals surface area contributed by atoms with Crippen molar-refractivity contribution in [2.75, 3.05) is 4.90 Å². The van der Waals surface area contributed by atoms with E-state index < -0.39 is 10.9 Å². The topological polar surface area (TPSA) is 89.8 Å². The first kappa shape index (κ1) is 17.1. The zero-order chi connectivity index (χ0) is 17.7. The van der Waals surface area contributed by atoms with Crippen LogP contribution in [0.4, 0.5) is 11.4 Å². The van der Waals surface area contributed by atoms with Crippen LogP contribution in [-0.4, -0.2) is 16.8 Å². The van der Waals surface area contributed by atoms with Crippen LogP contribution >= 0.6 is 0 Å². The van der Waals surface area contributed by atoms with E-state index in [0.717, 1.165) is 0 Å². The Labute approximate surface area is 138 Å². The zero-order valence-corrected chi connectivity index (χ0v) is 13.3. The predicted molar refractivity (Wildman–Crippen MR) is 87.7 cm³/mol. The molecule has 0 radical (unpaired) electrons. The van der Waals surface area contributed by atoms with E-state index in [-0.39, 0.29) is 18.1 Å². The molecule has 7 nitrogen and oxygen atoms in total. The van der Waals surface area contributed by atoms with Crippen molar-refractivity contribution in [2.45, 2.75) is 20.4 Å². The second kappa shape index (κ2) is 7.36. The van der Waals surface area contributed by atoms with E-state index in [1.165, 1.54) is 30.9 Å². The Bertz CT molecular complexity index is 788. The van der Waals surface area contributed by atoms with Gasteiger partial charge in [0.1, 0.15) is 5.75 Å². The Morgan fingerprint density at radius 2 is 1.83 bits per heavy atom. The molecule has 7 heteroatoms. The lowest BCUT2D eigenvalue weighted by molar-refractivity contribution is -0.385. The molecule has 0 aliphatic carbocycles. The third kappa shape index (κ3) is 4.16. The van der Waals surface area contributed by atoms with Crippen molar-refractivity contribution in [2.24, 2.45) is 0 Å². The molecule has 0 N–H and O–H groups in total. The third-order valence-corrected chi connectivity index (χ3v) is 3.29. The van der Waals surface area contributed by atoms with Gasteiger partial charge >= 0.3 is 5.97 Å². The lowest BCUT2D eigenvalue weighted by Crippen LogP contribution is -2.28. The number of nitro benzene ring substituents is 1. The smallest absolute Gasteiger partial charge is 0.308 e. The van der Waals surface area contributed by atoms with E-state index in [9.17, 15) is 19.7 Å². The molecule has 0 aliphatic rings. The van der Waals surface area contributed by atoms with Gasteiger partial charge in [0.15, 0.2) is 0 Å². The molecule has 0 unspecified atom stereocenters. The van der Waals surface area contributed by atoms with Crippen LogP contribution in [-0.2, 0) is 16.1 Å². The first-order valence-corrected chi connectivity index (χ1v) is 7.17. The second-order valence-corrected chi connectivity index (χ2v) is 5.08. The molecule has 1 amide bonds. The average molecular weight is 328 g/mol. The number of carbonyl (C=O) groups excluding carboxylic acids is 2. The Hall–Kier alpha value is -3.22. The largest absolute Gasteiger partial charge is 0.427 e. The molecular weight excluding hydrogens is 312 g/mol. The number of carbonyl (C=O) groups is 2. The molecule has 2 rings (SSSR count). The molecule has 0 saturated carbocycles. The molecule has 0 bridgehead atoms. The first-order valence-electron chi connectivity index (χ1n) is 7.17. The maximum Gasteiger partial charge on any atom is 0.308 e. The molecule has 0 heterocycles. The fraction of sp³-hybridized carbons (Fsp3) is 0.176. The molecule has 0 fully saturated rings. The van der Waals surface area contributed by atoms with E-state index in [2.05, 4.69) is 0 Å². The van der Waals surface area contributed by atoms with Gasteiger partial charge in [0, 0.05) is 37.2 Å². The summed E-state index contributed by atoms with van der Waals surface area (Å²) in [5, 5.41) is 11.1. The highest BCUT2D eigenvalue weighted by atomic mass is 16.6. The lowest BCUT2D eigenvalue weighted by Gasteiger charge is -2.21. The van der Waals surface area contributed by atoms with Crippen molar-refractivity contribution in [1.82, 2.24) is 0 Å². The minimum Gasteiger partial charge on any atom is -0.427 e. The van der Waals surface area contributed by atoms with Gasteiger partial charge in [-0.15, -0.1) is 0 Å². The number of amides is 1. The van der Waals surface area contributed by atoms with Crippen LogP contribution in [0.15, 0.2) is 48.5 Å². The number of ether oxygens (including phenoxy) is 1. The molecule has 0 spiro atoms. The number of rotatable bonds is 5. The molecule has 0 atom stereocenters. The minimum absolute atomic E-state index is 0.0377. The molecule has 0 aromatic heterocycles. The van der Waals surface area contributed by atoms with Gasteiger partial charge in [-0.3, -0.25) is 19.7 Å². The second-order valence-electron chi connectivity index (χ2n) is 5.08. The van der Waals surface area contributed by atoms with Gasteiger partial charge in [-0.25, -0.2) is 0 Å². The standard InChI is InChI=1S/C17H16N2O5/c1-12(20)18(11-14-6-3-4-9-17(14)19(22)23)15-7-5-8-16(10-15)24-13(2)21/h3-10H,11H2,1-2H3. The summed E-state index contributed by atoms with van der Waals surface area (Å²) < 4.78 is 5.01. The molecule has 0 aliphatic heterocycles. The zero-order valence-electron chi connectivity index (χ0n) is 13.3. The normalized spacial score (nSPS) is 10.1. The van der Waals surface area contributed by atoms with Gasteiger partial charge in [0.2, 0.25) is 5.91 Å². The van der Waals surface area contributed by atoms with Crippen molar-refractivity contribution in [3.05, 3.63) is 64.2 Å². The Kier molecular flexibility index (Phi) is 5.26. The number of nitrogens with zero attached hydrogens (tertiary/aromatic N) is 2. The molecule has 24 heavy (non-hydrogen) atoms. The van der Waals surface area contributed by atoms with E-state index in [1.54, 1.807) is 36.4 Å². The van der Waals surface area contributed by atoms with Crippen molar-refractivity contribution in [3.63, 3.8) is 0 Å². The van der Waals surface area contributed by atoms with E-state index in [4.69, 9.17) is 4.74 Å². The number of esters is 1. The highest BCUT2D eigenvalue weighted by molar-refractivity contribution is 5.91. The monoisotopic (exact) mass is 328 g/mol. The quantitative estimate of drug-likeness (QED) is 0.364. The van der Waals surface area contributed by atoms with Crippen molar-refractivity contribution in [3.8, 4) is 5.75 Å². The fourth-order valence-electron chi connectivity index (χ4n) is 2.26. The van der Waals surface area contributed by atoms with Crippen LogP contribution in [0.2, 0.25) is 0 Å². The Balaban J connectivity index is 2.36. The van der Waals surface area contributed by atoms with Crippen LogP contribution in [0, 0.1) is 10.1 Å². The summed E-state index contributed by atoms with van der Waals surface area (Å²) >= 11 is 0. The van der Waals surface area contributed by atoms with Crippen LogP contribution in [0.5, 0.6) is 5.75 Å². The summed E-state index contributed by atoms with van der Waals surface area (Å²) in [5.74, 6) is -0.456. The molecule has 2 aromatic carbocycles. The van der Waals surface area contributed by atoms with Gasteiger partial charge in [-0.05, 0) is 12.1 Å². The highest BCUT2D eigenvalue weighted by Gasteiger charge is 2.19. The van der Waals surface area contributed by atoms with Gasteiger partial charge in [-0.1, -0.05) is 24.3 Å². The van der Waals surface area contributed by atoms with Gasteiger partial charge in [-0.2, -0.15) is 0 Å². The van der Waals surface area contributed by atoms with Gasteiger partial charge in [0.05, 0.1) is 11.5 Å². The summed E-state index contributed by atoms with van der Waals surface area (Å²) in [4.78, 5) is 35.1. The third-order valence-electron chi connectivity index (χ3n) is 3.29. The summed E-state index contributed by atoms with van der Waals surface area (Å²) in [6, 6.07) is 12.7. The number of benzene rings is 2. The fourth-order valence-corrected chi connectivity index (χ4v) is 2.26. The van der Waals surface area contributed by atoms with Crippen LogP contribution < -0.4 is 9.64 Å². The number of para-hydroxylation sites is 1. The molecule has 0 saturated heterocycles. The van der Waals surface area contributed by atoms with Crippen molar-refractivity contribution < 1.29 is 19.2 Å². The molecule has 2 aromatic rings. The van der Waals surface area contributed by atoms with Gasteiger partial charge in [0.25, 0.3) is 5.69 Å². The molecular formula is C17H16N2O5. The maximum atomic E-state index is 12.0.